The number of rotatable bonds is 1. The van der Waals surface area contributed by atoms with E-state index in [9.17, 15) is 13.2 Å². The van der Waals surface area contributed by atoms with Gasteiger partial charge in [-0.3, -0.25) is 9.48 Å². The van der Waals surface area contributed by atoms with Crippen LogP contribution in [0.2, 0.25) is 0 Å². The Labute approximate surface area is 147 Å². The number of hydrogen-bond donors (Lipinski definition) is 0. The Kier molecular flexibility index (Phi) is 3.91. The number of aryl methyl sites for hydroxylation is 1. The van der Waals surface area contributed by atoms with Crippen LogP contribution in [0.1, 0.15) is 41.7 Å². The van der Waals surface area contributed by atoms with Crippen LogP contribution in [-0.2, 0) is 22.6 Å². The Morgan fingerprint density at radius 3 is 2.48 bits per heavy atom. The van der Waals surface area contributed by atoms with E-state index in [1.807, 2.05) is 11.0 Å². The zero-order valence-corrected chi connectivity index (χ0v) is 15.1. The van der Waals surface area contributed by atoms with Crippen LogP contribution in [0.4, 0.5) is 0 Å². The second-order valence-corrected chi connectivity index (χ2v) is 8.72. The van der Waals surface area contributed by atoms with Gasteiger partial charge in [0.05, 0.1) is 16.3 Å². The summed E-state index contributed by atoms with van der Waals surface area (Å²) in [5, 5.41) is 4.42. The van der Waals surface area contributed by atoms with Crippen molar-refractivity contribution in [2.24, 2.45) is 7.05 Å². The zero-order chi connectivity index (χ0) is 17.6. The highest BCUT2D eigenvalue weighted by atomic mass is 32.2. The van der Waals surface area contributed by atoms with Gasteiger partial charge in [-0.1, -0.05) is 31.0 Å². The molecule has 1 fully saturated rings. The molecule has 2 aliphatic heterocycles. The molecule has 0 N–H and O–H groups in total. The Morgan fingerprint density at radius 2 is 1.76 bits per heavy atom. The van der Waals surface area contributed by atoms with Crippen molar-refractivity contribution in [2.75, 3.05) is 13.1 Å². The van der Waals surface area contributed by atoms with Crippen LogP contribution in [0.25, 0.3) is 11.3 Å². The van der Waals surface area contributed by atoms with E-state index in [1.165, 1.54) is 0 Å². The van der Waals surface area contributed by atoms with Crippen molar-refractivity contribution in [1.82, 2.24) is 14.7 Å². The molecule has 0 unspecified atom stereocenters. The highest BCUT2D eigenvalue weighted by Crippen LogP contribution is 2.39. The van der Waals surface area contributed by atoms with E-state index in [4.69, 9.17) is 0 Å². The van der Waals surface area contributed by atoms with Crippen molar-refractivity contribution >= 4 is 15.7 Å². The molecule has 1 aromatic carbocycles. The normalized spacial score (nSPS) is 19.0. The highest BCUT2D eigenvalue weighted by molar-refractivity contribution is 7.90. The summed E-state index contributed by atoms with van der Waals surface area (Å²) in [5.41, 5.74) is 2.20. The van der Waals surface area contributed by atoms with E-state index < -0.39 is 9.84 Å². The van der Waals surface area contributed by atoms with Gasteiger partial charge in [0.1, 0.15) is 0 Å². The molecule has 1 amide bonds. The van der Waals surface area contributed by atoms with Crippen LogP contribution in [0.5, 0.6) is 0 Å². The summed E-state index contributed by atoms with van der Waals surface area (Å²) in [6.45, 7) is 1.43. The summed E-state index contributed by atoms with van der Waals surface area (Å²) < 4.78 is 27.0. The van der Waals surface area contributed by atoms with E-state index in [0.717, 1.165) is 31.4 Å². The Hall–Kier alpha value is -2.15. The number of likely N-dealkylation sites (tertiary alicyclic amines) is 1. The molecule has 0 radical (unpaired) electrons. The van der Waals surface area contributed by atoms with Crippen LogP contribution >= 0.6 is 0 Å². The van der Waals surface area contributed by atoms with Gasteiger partial charge in [-0.2, -0.15) is 5.10 Å². The minimum atomic E-state index is -3.46. The van der Waals surface area contributed by atoms with Crippen molar-refractivity contribution in [3.05, 3.63) is 35.5 Å². The van der Waals surface area contributed by atoms with E-state index in [1.54, 1.807) is 29.9 Å². The topological polar surface area (TPSA) is 72.3 Å². The van der Waals surface area contributed by atoms with Gasteiger partial charge in [0.15, 0.2) is 15.5 Å². The fraction of sp³-hybridized carbons (Fsp3) is 0.444. The maximum absolute atomic E-state index is 13.0. The number of nitrogens with zero attached hydrogens (tertiary/aromatic N) is 3. The second kappa shape index (κ2) is 5.98. The first-order valence-corrected chi connectivity index (χ1v) is 10.3. The largest absolute Gasteiger partial charge is 0.337 e. The predicted octanol–water partition coefficient (Wildman–Crippen LogP) is 2.39. The van der Waals surface area contributed by atoms with E-state index in [2.05, 4.69) is 5.10 Å². The summed E-state index contributed by atoms with van der Waals surface area (Å²) in [6.07, 6.45) is 4.24. The first-order valence-electron chi connectivity index (χ1n) is 8.66. The summed E-state index contributed by atoms with van der Waals surface area (Å²) in [5.74, 6) is -0.310. The van der Waals surface area contributed by atoms with Gasteiger partial charge in [0, 0.05) is 31.3 Å². The molecule has 2 aliphatic rings. The Morgan fingerprint density at radius 1 is 1.08 bits per heavy atom. The molecule has 0 bridgehead atoms. The van der Waals surface area contributed by atoms with Crippen molar-refractivity contribution in [3.8, 4) is 11.3 Å². The summed E-state index contributed by atoms with van der Waals surface area (Å²) in [4.78, 5) is 15.2. The SMILES string of the molecule is Cn1nc(C(=O)N2CCCCCC2)c2c1-c1ccccc1S(=O)(=O)C2. The second-order valence-electron chi connectivity index (χ2n) is 6.76. The van der Waals surface area contributed by atoms with Gasteiger partial charge in [-0.05, 0) is 18.9 Å². The first-order chi connectivity index (χ1) is 12.0. The van der Waals surface area contributed by atoms with Crippen molar-refractivity contribution in [2.45, 2.75) is 36.3 Å². The van der Waals surface area contributed by atoms with Gasteiger partial charge >= 0.3 is 0 Å². The number of amides is 1. The number of fused-ring (bicyclic) bond motifs is 3. The van der Waals surface area contributed by atoms with Crippen LogP contribution in [0.15, 0.2) is 29.2 Å². The average Bonchev–Trinajstić information content (AvgIpc) is 2.78. The molecular formula is C18H21N3O3S. The lowest BCUT2D eigenvalue weighted by Gasteiger charge is -2.21. The Balaban J connectivity index is 1.83. The van der Waals surface area contributed by atoms with Gasteiger partial charge in [0.25, 0.3) is 5.91 Å². The standard InChI is InChI=1S/C18H21N3O3S/c1-20-17-13-8-4-5-9-15(13)25(23,24)12-14(17)16(19-20)18(22)21-10-6-2-3-7-11-21/h4-5,8-9H,2-3,6-7,10-12H2,1H3. The molecule has 0 spiro atoms. The molecule has 6 nitrogen and oxygen atoms in total. The van der Waals surface area contributed by atoms with Gasteiger partial charge in [-0.25, -0.2) is 8.42 Å². The lowest BCUT2D eigenvalue weighted by atomic mass is 10.1. The first kappa shape index (κ1) is 16.3. The molecule has 25 heavy (non-hydrogen) atoms. The van der Waals surface area contributed by atoms with Crippen molar-refractivity contribution < 1.29 is 13.2 Å². The molecule has 3 heterocycles. The summed E-state index contributed by atoms with van der Waals surface area (Å²) in [7, 11) is -1.69. The minimum Gasteiger partial charge on any atom is -0.337 e. The third-order valence-electron chi connectivity index (χ3n) is 5.05. The zero-order valence-electron chi connectivity index (χ0n) is 14.2. The number of carbonyl (C=O) groups is 1. The monoisotopic (exact) mass is 359 g/mol. The summed E-state index contributed by atoms with van der Waals surface area (Å²) in [6, 6.07) is 6.94. The number of sulfone groups is 1. The molecule has 4 rings (SSSR count). The number of benzene rings is 1. The molecule has 0 aliphatic carbocycles. The lowest BCUT2D eigenvalue weighted by Crippen LogP contribution is -2.33. The number of hydrogen-bond acceptors (Lipinski definition) is 4. The smallest absolute Gasteiger partial charge is 0.274 e. The quantitative estimate of drug-likeness (QED) is 0.784. The van der Waals surface area contributed by atoms with E-state index >= 15 is 0 Å². The molecule has 132 valence electrons. The maximum atomic E-state index is 13.0. The maximum Gasteiger partial charge on any atom is 0.274 e. The van der Waals surface area contributed by atoms with Gasteiger partial charge < -0.3 is 4.90 Å². The molecule has 2 aromatic rings. The summed E-state index contributed by atoms with van der Waals surface area (Å²) >= 11 is 0. The van der Waals surface area contributed by atoms with Crippen LogP contribution in [-0.4, -0.2) is 42.1 Å². The molecular weight excluding hydrogens is 338 g/mol. The fourth-order valence-corrected chi connectivity index (χ4v) is 5.43. The highest BCUT2D eigenvalue weighted by Gasteiger charge is 2.35. The van der Waals surface area contributed by atoms with Crippen LogP contribution in [0.3, 0.4) is 0 Å². The number of aromatic nitrogens is 2. The molecule has 1 aromatic heterocycles. The third kappa shape index (κ3) is 2.66. The molecule has 7 heteroatoms. The molecule has 0 atom stereocenters. The lowest BCUT2D eigenvalue weighted by molar-refractivity contribution is 0.0754. The van der Waals surface area contributed by atoms with E-state index in [0.29, 0.717) is 29.1 Å². The third-order valence-corrected chi connectivity index (χ3v) is 6.75. The van der Waals surface area contributed by atoms with E-state index in [-0.39, 0.29) is 17.4 Å². The van der Waals surface area contributed by atoms with Crippen molar-refractivity contribution in [3.63, 3.8) is 0 Å². The Bertz CT molecular complexity index is 938. The minimum absolute atomic E-state index is 0.145. The molecule has 1 saturated heterocycles. The average molecular weight is 359 g/mol. The number of carbonyl (C=O) groups excluding carboxylic acids is 1. The van der Waals surface area contributed by atoms with Gasteiger partial charge in [0.2, 0.25) is 0 Å². The molecule has 0 saturated carbocycles. The fourth-order valence-electron chi connectivity index (χ4n) is 3.84. The van der Waals surface area contributed by atoms with Crippen molar-refractivity contribution in [1.29, 1.82) is 0 Å². The van der Waals surface area contributed by atoms with Gasteiger partial charge in [-0.15, -0.1) is 0 Å². The van der Waals surface area contributed by atoms with Crippen LogP contribution < -0.4 is 0 Å². The van der Waals surface area contributed by atoms with Crippen LogP contribution in [0, 0.1) is 0 Å². The predicted molar refractivity (Wildman–Crippen MR) is 93.9 cm³/mol.